The van der Waals surface area contributed by atoms with Crippen molar-refractivity contribution < 1.29 is 8.42 Å². The van der Waals surface area contributed by atoms with Gasteiger partial charge in [0.25, 0.3) is 0 Å². The molecule has 0 fully saturated rings. The van der Waals surface area contributed by atoms with Gasteiger partial charge in [0.05, 0.1) is 5.69 Å². The van der Waals surface area contributed by atoms with Crippen LogP contribution in [0.2, 0.25) is 0 Å². The molecule has 0 aliphatic heterocycles. The first-order chi connectivity index (χ1) is 9.45. The molecule has 20 heavy (non-hydrogen) atoms. The lowest BCUT2D eigenvalue weighted by atomic mass is 10.3. The molecule has 0 spiro atoms. The summed E-state index contributed by atoms with van der Waals surface area (Å²) in [4.78, 5) is 1.16. The van der Waals surface area contributed by atoms with E-state index in [1.165, 1.54) is 21.7 Å². The van der Waals surface area contributed by atoms with Gasteiger partial charge in [-0.2, -0.15) is 4.31 Å². The summed E-state index contributed by atoms with van der Waals surface area (Å²) in [6, 6.07) is 8.65. The monoisotopic (exact) mass is 374 g/mol. The van der Waals surface area contributed by atoms with Gasteiger partial charge in [0, 0.05) is 22.4 Å². The average molecular weight is 375 g/mol. The molecule has 4 nitrogen and oxygen atoms in total. The molecule has 7 heteroatoms. The lowest BCUT2D eigenvalue weighted by Crippen LogP contribution is -2.30. The summed E-state index contributed by atoms with van der Waals surface area (Å²) in [6.45, 7) is 2.59. The van der Waals surface area contributed by atoms with Crippen LogP contribution >= 0.6 is 27.3 Å². The molecule has 2 N–H and O–H groups in total. The molecule has 0 aliphatic carbocycles. The predicted octanol–water partition coefficient (Wildman–Crippen LogP) is 3.30. The molecule has 0 bridgehead atoms. The van der Waals surface area contributed by atoms with Crippen molar-refractivity contribution in [3.8, 4) is 0 Å². The van der Waals surface area contributed by atoms with Crippen molar-refractivity contribution in [1.82, 2.24) is 4.31 Å². The normalized spacial score (nSPS) is 11.9. The van der Waals surface area contributed by atoms with Gasteiger partial charge in [0.15, 0.2) is 0 Å². The molecule has 1 heterocycles. The Hall–Kier alpha value is -0.890. The summed E-state index contributed by atoms with van der Waals surface area (Å²) in [6.07, 6.45) is 0. The maximum Gasteiger partial charge on any atom is 0.245 e. The highest BCUT2D eigenvalue weighted by Gasteiger charge is 2.25. The van der Waals surface area contributed by atoms with E-state index in [-0.39, 0.29) is 10.6 Å². The number of rotatable bonds is 5. The SMILES string of the molecule is CCN(Cc1cccs1)S(=O)(=O)c1ccc(Br)cc1N. The smallest absolute Gasteiger partial charge is 0.245 e. The number of halogens is 1. The summed E-state index contributed by atoms with van der Waals surface area (Å²) < 4.78 is 27.5. The zero-order valence-corrected chi connectivity index (χ0v) is 14.1. The van der Waals surface area contributed by atoms with E-state index >= 15 is 0 Å². The first kappa shape index (κ1) is 15.5. The van der Waals surface area contributed by atoms with E-state index in [2.05, 4.69) is 15.9 Å². The average Bonchev–Trinajstić information content (AvgIpc) is 2.88. The second kappa shape index (κ2) is 6.26. The molecule has 108 valence electrons. The quantitative estimate of drug-likeness (QED) is 0.816. The molecule has 0 atom stereocenters. The van der Waals surface area contributed by atoms with Gasteiger partial charge in [-0.25, -0.2) is 8.42 Å². The van der Waals surface area contributed by atoms with Crippen molar-refractivity contribution in [2.24, 2.45) is 0 Å². The van der Waals surface area contributed by atoms with Crippen LogP contribution in [0.3, 0.4) is 0 Å². The number of nitrogen functional groups attached to an aromatic ring is 1. The van der Waals surface area contributed by atoms with Crippen molar-refractivity contribution in [3.63, 3.8) is 0 Å². The number of nitrogens with zero attached hydrogens (tertiary/aromatic N) is 1. The fraction of sp³-hybridized carbons (Fsp3) is 0.231. The van der Waals surface area contributed by atoms with Crippen LogP contribution in [0, 0.1) is 0 Å². The number of anilines is 1. The molecule has 0 amide bonds. The molecule has 1 aromatic carbocycles. The molecule has 0 unspecified atom stereocenters. The Labute approximate surface area is 131 Å². The van der Waals surface area contributed by atoms with E-state index in [1.807, 2.05) is 24.4 Å². The highest BCUT2D eigenvalue weighted by atomic mass is 79.9. The Morgan fingerprint density at radius 2 is 2.10 bits per heavy atom. The molecular weight excluding hydrogens is 360 g/mol. The Morgan fingerprint density at radius 3 is 2.65 bits per heavy atom. The van der Waals surface area contributed by atoms with Crippen LogP contribution in [0.15, 0.2) is 45.1 Å². The third-order valence-electron chi connectivity index (χ3n) is 2.85. The van der Waals surface area contributed by atoms with Gasteiger partial charge in [-0.1, -0.05) is 28.9 Å². The van der Waals surface area contributed by atoms with Crippen LogP contribution in [-0.2, 0) is 16.6 Å². The summed E-state index contributed by atoms with van der Waals surface area (Å²) in [5.74, 6) is 0. The maximum absolute atomic E-state index is 12.7. The van der Waals surface area contributed by atoms with E-state index in [9.17, 15) is 8.42 Å². The fourth-order valence-corrected chi connectivity index (χ4v) is 4.54. The lowest BCUT2D eigenvalue weighted by molar-refractivity contribution is 0.426. The van der Waals surface area contributed by atoms with E-state index in [4.69, 9.17) is 5.73 Å². The Balaban J connectivity index is 2.36. The van der Waals surface area contributed by atoms with Crippen molar-refractivity contribution >= 4 is 43.0 Å². The van der Waals surface area contributed by atoms with Gasteiger partial charge >= 0.3 is 0 Å². The standard InChI is InChI=1S/C13H15BrN2O2S2/c1-2-16(9-11-4-3-7-19-11)20(17,18)13-6-5-10(14)8-12(13)15/h3-8H,2,9,15H2,1H3. The number of nitrogens with two attached hydrogens (primary N) is 1. The fourth-order valence-electron chi connectivity index (χ4n) is 1.84. The minimum Gasteiger partial charge on any atom is -0.398 e. The molecule has 0 saturated carbocycles. The predicted molar refractivity (Wildman–Crippen MR) is 86.1 cm³/mol. The van der Waals surface area contributed by atoms with Gasteiger partial charge in [-0.15, -0.1) is 11.3 Å². The number of hydrogen-bond acceptors (Lipinski definition) is 4. The van der Waals surface area contributed by atoms with Crippen LogP contribution in [0.4, 0.5) is 5.69 Å². The molecule has 0 aliphatic rings. The van der Waals surface area contributed by atoms with Gasteiger partial charge in [-0.3, -0.25) is 0 Å². The van der Waals surface area contributed by atoms with Crippen LogP contribution in [0.5, 0.6) is 0 Å². The zero-order valence-electron chi connectivity index (χ0n) is 10.9. The minimum absolute atomic E-state index is 0.152. The molecule has 1 aromatic heterocycles. The van der Waals surface area contributed by atoms with Crippen molar-refractivity contribution in [2.75, 3.05) is 12.3 Å². The van der Waals surface area contributed by atoms with Crippen LogP contribution in [0.25, 0.3) is 0 Å². The Morgan fingerprint density at radius 1 is 1.35 bits per heavy atom. The second-order valence-corrected chi connectivity index (χ2v) is 8.05. The van der Waals surface area contributed by atoms with Crippen LogP contribution in [-0.4, -0.2) is 19.3 Å². The maximum atomic E-state index is 12.7. The van der Waals surface area contributed by atoms with Crippen LogP contribution in [0.1, 0.15) is 11.8 Å². The summed E-state index contributed by atoms with van der Waals surface area (Å²) >= 11 is 4.82. The summed E-state index contributed by atoms with van der Waals surface area (Å²) in [7, 11) is -3.58. The number of thiophene rings is 1. The van der Waals surface area contributed by atoms with Crippen LogP contribution < -0.4 is 5.73 Å². The van der Waals surface area contributed by atoms with Gasteiger partial charge in [-0.05, 0) is 29.6 Å². The first-order valence-electron chi connectivity index (χ1n) is 6.02. The zero-order chi connectivity index (χ0) is 14.8. The van der Waals surface area contributed by atoms with Crippen molar-refractivity contribution in [1.29, 1.82) is 0 Å². The third kappa shape index (κ3) is 3.22. The topological polar surface area (TPSA) is 63.4 Å². The van der Waals surface area contributed by atoms with E-state index in [0.29, 0.717) is 13.1 Å². The second-order valence-electron chi connectivity index (χ2n) is 4.19. The third-order valence-corrected chi connectivity index (χ3v) is 6.20. The van der Waals surface area contributed by atoms with E-state index in [1.54, 1.807) is 12.1 Å². The lowest BCUT2D eigenvalue weighted by Gasteiger charge is -2.20. The van der Waals surface area contributed by atoms with E-state index < -0.39 is 10.0 Å². The Bertz CT molecular complexity index is 684. The Kier molecular flexibility index (Phi) is 4.85. The number of benzene rings is 1. The molecule has 2 rings (SSSR count). The molecular formula is C13H15BrN2O2S2. The van der Waals surface area contributed by atoms with E-state index in [0.717, 1.165) is 9.35 Å². The van der Waals surface area contributed by atoms with Gasteiger partial charge < -0.3 is 5.73 Å². The van der Waals surface area contributed by atoms with Gasteiger partial charge in [0.1, 0.15) is 4.90 Å². The number of sulfonamides is 1. The largest absolute Gasteiger partial charge is 0.398 e. The minimum atomic E-state index is -3.58. The first-order valence-corrected chi connectivity index (χ1v) is 9.14. The molecule has 0 saturated heterocycles. The molecule has 2 aromatic rings. The summed E-state index contributed by atoms with van der Waals surface area (Å²) in [5, 5.41) is 1.93. The molecule has 0 radical (unpaired) electrons. The highest BCUT2D eigenvalue weighted by molar-refractivity contribution is 9.10. The van der Waals surface area contributed by atoms with Gasteiger partial charge in [0.2, 0.25) is 10.0 Å². The van der Waals surface area contributed by atoms with Crippen molar-refractivity contribution in [2.45, 2.75) is 18.4 Å². The number of hydrogen-bond donors (Lipinski definition) is 1. The highest BCUT2D eigenvalue weighted by Crippen LogP contribution is 2.27. The van der Waals surface area contributed by atoms with Crippen molar-refractivity contribution in [3.05, 3.63) is 45.1 Å². The summed E-state index contributed by atoms with van der Waals surface area (Å²) in [5.41, 5.74) is 6.09.